The van der Waals surface area contributed by atoms with Gasteiger partial charge in [0.1, 0.15) is 5.02 Å². The highest BCUT2D eigenvalue weighted by molar-refractivity contribution is 6.50. The first-order valence-corrected chi connectivity index (χ1v) is 7.04. The Hall–Kier alpha value is -1.49. The molecule has 0 aliphatic carbocycles. The highest BCUT2D eigenvalue weighted by atomic mass is 35.5. The minimum Gasteiger partial charge on any atom is -0.464 e. The number of pyridine rings is 1. The van der Waals surface area contributed by atoms with Crippen LogP contribution < -0.4 is 5.32 Å². The zero-order valence-corrected chi connectivity index (χ0v) is 13.5. The van der Waals surface area contributed by atoms with E-state index in [1.165, 1.54) is 7.11 Å². The lowest BCUT2D eigenvalue weighted by molar-refractivity contribution is 0.0594. The molecule has 0 aliphatic heterocycles. The van der Waals surface area contributed by atoms with E-state index in [-0.39, 0.29) is 26.6 Å². The number of methoxy groups -OCH3 is 1. The van der Waals surface area contributed by atoms with E-state index < -0.39 is 5.97 Å². The van der Waals surface area contributed by atoms with Crippen molar-refractivity contribution in [2.45, 2.75) is 6.92 Å². The Morgan fingerprint density at radius 3 is 2.52 bits per heavy atom. The molecule has 0 radical (unpaired) electrons. The quantitative estimate of drug-likeness (QED) is 0.805. The smallest absolute Gasteiger partial charge is 0.358 e. The number of ether oxygens (including phenoxy) is 1. The fourth-order valence-electron chi connectivity index (χ4n) is 1.69. The monoisotopic (exact) mass is 344 g/mol. The molecule has 2 aromatic rings. The fourth-order valence-corrected chi connectivity index (χ4v) is 2.31. The van der Waals surface area contributed by atoms with Crippen molar-refractivity contribution in [3.63, 3.8) is 0 Å². The van der Waals surface area contributed by atoms with Crippen LogP contribution in [-0.2, 0) is 4.74 Å². The van der Waals surface area contributed by atoms with Crippen molar-refractivity contribution in [3.8, 4) is 0 Å². The van der Waals surface area contributed by atoms with E-state index in [9.17, 15) is 4.79 Å². The normalized spacial score (nSPS) is 10.3. The van der Waals surface area contributed by atoms with Gasteiger partial charge >= 0.3 is 5.97 Å². The molecule has 110 valence electrons. The molecule has 1 heterocycles. The fraction of sp³-hybridized carbons (Fsp3) is 0.143. The summed E-state index contributed by atoms with van der Waals surface area (Å²) in [5.41, 5.74) is 1.73. The molecule has 0 atom stereocenters. The number of aromatic nitrogens is 1. The SMILES string of the molecule is COC(=O)c1nc(Nc2cccc(C)c2)c(Cl)c(Cl)c1Cl. The highest BCUT2D eigenvalue weighted by Gasteiger charge is 2.21. The summed E-state index contributed by atoms with van der Waals surface area (Å²) >= 11 is 18.1. The molecule has 0 unspecified atom stereocenters. The molecule has 0 saturated heterocycles. The molecule has 0 saturated carbocycles. The Kier molecular flexibility index (Phi) is 4.93. The molecule has 0 bridgehead atoms. The van der Waals surface area contributed by atoms with E-state index in [1.807, 2.05) is 31.2 Å². The minimum absolute atomic E-state index is 0.0386. The summed E-state index contributed by atoms with van der Waals surface area (Å²) in [6.07, 6.45) is 0. The van der Waals surface area contributed by atoms with Crippen molar-refractivity contribution in [2.75, 3.05) is 12.4 Å². The van der Waals surface area contributed by atoms with Gasteiger partial charge in [0, 0.05) is 5.69 Å². The molecular weight excluding hydrogens is 335 g/mol. The van der Waals surface area contributed by atoms with Crippen LogP contribution in [0, 0.1) is 6.92 Å². The molecule has 1 aromatic carbocycles. The lowest BCUT2D eigenvalue weighted by Crippen LogP contribution is -2.08. The third-order valence-corrected chi connectivity index (χ3v) is 3.99. The molecule has 2 rings (SSSR count). The first-order valence-electron chi connectivity index (χ1n) is 5.90. The third kappa shape index (κ3) is 3.40. The maximum Gasteiger partial charge on any atom is 0.358 e. The molecular formula is C14H11Cl3N2O2. The van der Waals surface area contributed by atoms with Gasteiger partial charge in [0.05, 0.1) is 17.2 Å². The van der Waals surface area contributed by atoms with Gasteiger partial charge in [-0.1, -0.05) is 46.9 Å². The van der Waals surface area contributed by atoms with Gasteiger partial charge in [-0.25, -0.2) is 9.78 Å². The van der Waals surface area contributed by atoms with Crippen LogP contribution in [0.2, 0.25) is 15.1 Å². The largest absolute Gasteiger partial charge is 0.464 e. The Labute approximate surface area is 137 Å². The number of carbonyl (C=O) groups is 1. The van der Waals surface area contributed by atoms with Crippen molar-refractivity contribution < 1.29 is 9.53 Å². The van der Waals surface area contributed by atoms with E-state index >= 15 is 0 Å². The molecule has 21 heavy (non-hydrogen) atoms. The number of carbonyl (C=O) groups excluding carboxylic acids is 1. The van der Waals surface area contributed by atoms with Crippen LogP contribution in [0.25, 0.3) is 0 Å². The number of rotatable bonds is 3. The molecule has 0 aliphatic rings. The Balaban J connectivity index is 2.48. The van der Waals surface area contributed by atoms with Crippen molar-refractivity contribution in [1.29, 1.82) is 0 Å². The van der Waals surface area contributed by atoms with Gasteiger partial charge in [-0.3, -0.25) is 0 Å². The lowest BCUT2D eigenvalue weighted by atomic mass is 10.2. The Morgan fingerprint density at radius 1 is 1.19 bits per heavy atom. The van der Waals surface area contributed by atoms with E-state index in [0.717, 1.165) is 11.3 Å². The van der Waals surface area contributed by atoms with Crippen molar-refractivity contribution in [1.82, 2.24) is 4.98 Å². The summed E-state index contributed by atoms with van der Waals surface area (Å²) in [7, 11) is 1.23. The van der Waals surface area contributed by atoms with Gasteiger partial charge in [0.25, 0.3) is 0 Å². The maximum absolute atomic E-state index is 11.7. The third-order valence-electron chi connectivity index (χ3n) is 2.68. The average Bonchev–Trinajstić information content (AvgIpc) is 2.47. The zero-order valence-electron chi connectivity index (χ0n) is 11.2. The summed E-state index contributed by atoms with van der Waals surface area (Å²) in [5.74, 6) is -0.456. The molecule has 1 N–H and O–H groups in total. The summed E-state index contributed by atoms with van der Waals surface area (Å²) in [5, 5.41) is 3.15. The topological polar surface area (TPSA) is 51.2 Å². The second-order valence-corrected chi connectivity index (χ2v) is 5.37. The van der Waals surface area contributed by atoms with E-state index in [4.69, 9.17) is 34.8 Å². The second kappa shape index (κ2) is 6.52. The molecule has 0 amide bonds. The summed E-state index contributed by atoms with van der Waals surface area (Å²) in [6, 6.07) is 7.57. The van der Waals surface area contributed by atoms with Crippen molar-refractivity contribution >= 4 is 52.3 Å². The van der Waals surface area contributed by atoms with Gasteiger partial charge in [-0.2, -0.15) is 0 Å². The first-order chi connectivity index (χ1) is 9.93. The number of nitrogens with one attached hydrogen (secondary N) is 1. The Bertz CT molecular complexity index is 705. The van der Waals surface area contributed by atoms with E-state index in [0.29, 0.717) is 0 Å². The predicted octanol–water partition coefficient (Wildman–Crippen LogP) is 4.88. The number of benzene rings is 1. The number of anilines is 2. The molecule has 1 aromatic heterocycles. The second-order valence-electron chi connectivity index (χ2n) is 4.24. The zero-order chi connectivity index (χ0) is 15.6. The summed E-state index contributed by atoms with van der Waals surface area (Å²) in [6.45, 7) is 1.95. The van der Waals surface area contributed by atoms with Crippen LogP contribution >= 0.6 is 34.8 Å². The highest BCUT2D eigenvalue weighted by Crippen LogP contribution is 2.37. The van der Waals surface area contributed by atoms with E-state index in [1.54, 1.807) is 0 Å². The van der Waals surface area contributed by atoms with Crippen LogP contribution in [-0.4, -0.2) is 18.1 Å². The van der Waals surface area contributed by atoms with Gasteiger partial charge in [-0.15, -0.1) is 0 Å². The van der Waals surface area contributed by atoms with Crippen LogP contribution in [0.15, 0.2) is 24.3 Å². The van der Waals surface area contributed by atoms with Crippen LogP contribution in [0.5, 0.6) is 0 Å². The number of hydrogen-bond acceptors (Lipinski definition) is 4. The lowest BCUT2D eigenvalue weighted by Gasteiger charge is -2.12. The summed E-state index contributed by atoms with van der Waals surface area (Å²) in [4.78, 5) is 15.8. The van der Waals surface area contributed by atoms with E-state index in [2.05, 4.69) is 15.0 Å². The standard InChI is InChI=1S/C14H11Cl3N2O2/c1-7-4-3-5-8(6-7)18-13-11(17)9(15)10(16)12(19-13)14(20)21-2/h3-6H,1-2H3,(H,18,19). The summed E-state index contributed by atoms with van der Waals surface area (Å²) < 4.78 is 4.62. The molecule has 4 nitrogen and oxygen atoms in total. The maximum atomic E-state index is 11.7. The van der Waals surface area contributed by atoms with Crippen molar-refractivity contribution in [3.05, 3.63) is 50.6 Å². The van der Waals surface area contributed by atoms with Crippen LogP contribution in [0.4, 0.5) is 11.5 Å². The molecule has 0 spiro atoms. The minimum atomic E-state index is -0.689. The van der Waals surface area contributed by atoms with Crippen LogP contribution in [0.3, 0.4) is 0 Å². The number of halogens is 3. The van der Waals surface area contributed by atoms with Gasteiger partial charge in [0.2, 0.25) is 0 Å². The average molecular weight is 346 g/mol. The number of aryl methyl sites for hydroxylation is 1. The number of nitrogens with zero attached hydrogens (tertiary/aromatic N) is 1. The Morgan fingerprint density at radius 2 is 1.90 bits per heavy atom. The number of hydrogen-bond donors (Lipinski definition) is 1. The van der Waals surface area contributed by atoms with Crippen LogP contribution in [0.1, 0.15) is 16.1 Å². The predicted molar refractivity (Wildman–Crippen MR) is 85.1 cm³/mol. The first kappa shape index (κ1) is 15.9. The molecule has 0 fully saturated rings. The number of esters is 1. The van der Waals surface area contributed by atoms with Gasteiger partial charge < -0.3 is 10.1 Å². The van der Waals surface area contributed by atoms with Gasteiger partial charge in [0.15, 0.2) is 11.5 Å². The van der Waals surface area contributed by atoms with Gasteiger partial charge in [-0.05, 0) is 24.6 Å². The molecule has 7 heteroatoms. The van der Waals surface area contributed by atoms with Crippen molar-refractivity contribution in [2.24, 2.45) is 0 Å².